The molecule has 0 heterocycles. The highest BCUT2D eigenvalue weighted by Crippen LogP contribution is 2.36. The second-order valence-corrected chi connectivity index (χ2v) is 4.84. The van der Waals surface area contributed by atoms with Gasteiger partial charge in [-0.1, -0.05) is 37.9 Å². The van der Waals surface area contributed by atoms with Crippen molar-refractivity contribution in [2.24, 2.45) is 0 Å². The molecule has 0 bridgehead atoms. The van der Waals surface area contributed by atoms with Crippen molar-refractivity contribution < 1.29 is 13.2 Å². The highest BCUT2D eigenvalue weighted by Gasteiger charge is 2.33. The molecule has 0 fully saturated rings. The summed E-state index contributed by atoms with van der Waals surface area (Å²) in [6, 6.07) is 3.68. The minimum atomic E-state index is -4.47. The first kappa shape index (κ1) is 16.7. The Kier molecular flexibility index (Phi) is 6.20. The average molecular weight is 307 g/mol. The van der Waals surface area contributed by atoms with E-state index in [2.05, 4.69) is 24.1 Å². The molecule has 1 aromatic carbocycles. The first-order valence-electron chi connectivity index (χ1n) is 6.41. The van der Waals surface area contributed by atoms with Gasteiger partial charge in [-0.05, 0) is 24.6 Å². The van der Waals surface area contributed by atoms with E-state index in [4.69, 9.17) is 11.6 Å². The summed E-state index contributed by atoms with van der Waals surface area (Å²) in [7, 11) is 0. The van der Waals surface area contributed by atoms with E-state index < -0.39 is 11.7 Å². The summed E-state index contributed by atoms with van der Waals surface area (Å²) in [5, 5.41) is 5.50. The monoisotopic (exact) mass is 306 g/mol. The van der Waals surface area contributed by atoms with Gasteiger partial charge >= 0.3 is 6.18 Å². The van der Waals surface area contributed by atoms with E-state index in [1.807, 2.05) is 0 Å². The fourth-order valence-electron chi connectivity index (χ4n) is 1.65. The largest absolute Gasteiger partial charge is 0.417 e. The van der Waals surface area contributed by atoms with E-state index in [0.29, 0.717) is 11.5 Å². The minimum absolute atomic E-state index is 0.301. The van der Waals surface area contributed by atoms with Crippen LogP contribution in [0.3, 0.4) is 0 Å². The lowest BCUT2D eigenvalue weighted by molar-refractivity contribution is -0.137. The van der Waals surface area contributed by atoms with Crippen LogP contribution in [0.25, 0.3) is 0 Å². The number of nitrogens with one attached hydrogen (secondary N) is 2. The molecule has 0 unspecified atom stereocenters. The van der Waals surface area contributed by atoms with Gasteiger partial charge in [-0.3, -0.25) is 0 Å². The molecule has 0 saturated heterocycles. The van der Waals surface area contributed by atoms with Crippen LogP contribution >= 0.6 is 11.6 Å². The van der Waals surface area contributed by atoms with Gasteiger partial charge in [-0.15, -0.1) is 0 Å². The summed E-state index contributed by atoms with van der Waals surface area (Å²) < 4.78 is 38.1. The molecule has 1 aromatic rings. The second-order valence-electron chi connectivity index (χ2n) is 4.43. The fourth-order valence-corrected chi connectivity index (χ4v) is 1.88. The van der Waals surface area contributed by atoms with Crippen molar-refractivity contribution in [1.29, 1.82) is 0 Å². The van der Waals surface area contributed by atoms with Crippen molar-refractivity contribution in [1.82, 2.24) is 5.32 Å². The zero-order chi connectivity index (χ0) is 15.2. The van der Waals surface area contributed by atoms with E-state index in [0.717, 1.165) is 31.9 Å². The Morgan fingerprint density at radius 1 is 1.30 bits per heavy atom. The number of rotatable bonds is 7. The molecular formula is C14H18ClF3N2. The van der Waals surface area contributed by atoms with Crippen LogP contribution in [0.5, 0.6) is 0 Å². The van der Waals surface area contributed by atoms with Gasteiger partial charge in [0.25, 0.3) is 0 Å². The molecule has 1 rings (SSSR count). The minimum Gasteiger partial charge on any atom is -0.372 e. The molecule has 6 heteroatoms. The summed E-state index contributed by atoms with van der Waals surface area (Å²) in [4.78, 5) is 0. The molecular weight excluding hydrogens is 289 g/mol. The Bertz CT molecular complexity index is 458. The van der Waals surface area contributed by atoms with Crippen LogP contribution in [-0.2, 0) is 6.18 Å². The molecule has 0 radical (unpaired) electrons. The molecule has 0 atom stereocenters. The van der Waals surface area contributed by atoms with Gasteiger partial charge in [0.05, 0.1) is 16.4 Å². The first-order valence-corrected chi connectivity index (χ1v) is 6.79. The van der Waals surface area contributed by atoms with E-state index in [1.165, 1.54) is 12.1 Å². The molecule has 0 saturated carbocycles. The van der Waals surface area contributed by atoms with E-state index >= 15 is 0 Å². The third kappa shape index (κ3) is 5.33. The number of anilines is 1. The molecule has 0 amide bonds. The lowest BCUT2D eigenvalue weighted by Crippen LogP contribution is -2.20. The Morgan fingerprint density at radius 2 is 2.00 bits per heavy atom. The smallest absolute Gasteiger partial charge is 0.372 e. The number of benzene rings is 1. The summed E-state index contributed by atoms with van der Waals surface area (Å²) in [5.41, 5.74) is -0.558. The third-order valence-electron chi connectivity index (χ3n) is 2.69. The van der Waals surface area contributed by atoms with Crippen molar-refractivity contribution in [3.63, 3.8) is 0 Å². The van der Waals surface area contributed by atoms with Crippen molar-refractivity contribution in [3.05, 3.63) is 41.2 Å². The highest BCUT2D eigenvalue weighted by atomic mass is 35.5. The van der Waals surface area contributed by atoms with Gasteiger partial charge in [0.1, 0.15) is 0 Å². The zero-order valence-electron chi connectivity index (χ0n) is 11.3. The standard InChI is InChI=1S/C14H18ClF3N2/c1-3-4-5-8-19-10(2)20-11-6-7-13(15)12(9-11)14(16,17)18/h6-7,9,19-20H,2-5,8H2,1H3. The number of hydrogen-bond acceptors (Lipinski definition) is 2. The summed E-state index contributed by atoms with van der Waals surface area (Å²) in [6.45, 7) is 6.56. The van der Waals surface area contributed by atoms with Crippen LogP contribution in [0.4, 0.5) is 18.9 Å². The Morgan fingerprint density at radius 3 is 2.60 bits per heavy atom. The van der Waals surface area contributed by atoms with Crippen LogP contribution in [0.15, 0.2) is 30.6 Å². The van der Waals surface area contributed by atoms with Crippen LogP contribution in [0.1, 0.15) is 31.7 Å². The molecule has 0 aliphatic heterocycles. The Balaban J connectivity index is 2.62. The average Bonchev–Trinajstić information content (AvgIpc) is 2.36. The van der Waals surface area contributed by atoms with Gasteiger partial charge in [0.2, 0.25) is 0 Å². The van der Waals surface area contributed by atoms with Crippen molar-refractivity contribution in [2.45, 2.75) is 32.4 Å². The van der Waals surface area contributed by atoms with Crippen LogP contribution in [0, 0.1) is 0 Å². The maximum absolute atomic E-state index is 12.7. The van der Waals surface area contributed by atoms with Crippen LogP contribution < -0.4 is 10.6 Å². The third-order valence-corrected chi connectivity index (χ3v) is 3.02. The van der Waals surface area contributed by atoms with Crippen molar-refractivity contribution in [2.75, 3.05) is 11.9 Å². The van der Waals surface area contributed by atoms with E-state index in [-0.39, 0.29) is 5.02 Å². The molecule has 0 aromatic heterocycles. The molecule has 0 spiro atoms. The van der Waals surface area contributed by atoms with Gasteiger partial charge in [-0.25, -0.2) is 0 Å². The first-order chi connectivity index (χ1) is 9.34. The number of alkyl halides is 3. The lowest BCUT2D eigenvalue weighted by atomic mass is 10.2. The fraction of sp³-hybridized carbons (Fsp3) is 0.429. The summed E-state index contributed by atoms with van der Waals surface area (Å²) >= 11 is 5.55. The molecule has 2 N–H and O–H groups in total. The maximum Gasteiger partial charge on any atom is 0.417 e. The Labute approximate surface area is 122 Å². The summed E-state index contributed by atoms with van der Waals surface area (Å²) in [5.74, 6) is 0.469. The zero-order valence-corrected chi connectivity index (χ0v) is 12.0. The van der Waals surface area contributed by atoms with Gasteiger partial charge in [-0.2, -0.15) is 13.2 Å². The van der Waals surface area contributed by atoms with Crippen LogP contribution in [0.2, 0.25) is 5.02 Å². The molecule has 0 aliphatic rings. The normalized spacial score (nSPS) is 11.2. The SMILES string of the molecule is C=C(NCCCCC)Nc1ccc(Cl)c(C(F)(F)F)c1. The topological polar surface area (TPSA) is 24.1 Å². The number of hydrogen-bond donors (Lipinski definition) is 2. The predicted octanol–water partition coefficient (Wildman–Crippen LogP) is 5.02. The van der Waals surface area contributed by atoms with Gasteiger partial charge < -0.3 is 10.6 Å². The summed E-state index contributed by atoms with van der Waals surface area (Å²) in [6.07, 6.45) is -1.27. The molecule has 112 valence electrons. The van der Waals surface area contributed by atoms with Crippen molar-refractivity contribution >= 4 is 17.3 Å². The molecule has 20 heavy (non-hydrogen) atoms. The predicted molar refractivity (Wildman–Crippen MR) is 76.7 cm³/mol. The number of halogens is 4. The lowest BCUT2D eigenvalue weighted by Gasteiger charge is -2.15. The van der Waals surface area contributed by atoms with E-state index in [9.17, 15) is 13.2 Å². The van der Waals surface area contributed by atoms with Gasteiger partial charge in [0, 0.05) is 12.2 Å². The van der Waals surface area contributed by atoms with Gasteiger partial charge in [0.15, 0.2) is 0 Å². The molecule has 0 aliphatic carbocycles. The highest BCUT2D eigenvalue weighted by molar-refractivity contribution is 6.31. The Hall–Kier alpha value is -1.36. The van der Waals surface area contributed by atoms with Crippen LogP contribution in [-0.4, -0.2) is 6.54 Å². The van der Waals surface area contributed by atoms with E-state index in [1.54, 1.807) is 0 Å². The quantitative estimate of drug-likeness (QED) is 0.691. The number of unbranched alkanes of at least 4 members (excludes halogenated alkanes) is 2. The van der Waals surface area contributed by atoms with Crippen molar-refractivity contribution in [3.8, 4) is 0 Å². The second kappa shape index (κ2) is 7.43. The molecule has 2 nitrogen and oxygen atoms in total. The maximum atomic E-state index is 12.7.